The van der Waals surface area contributed by atoms with Gasteiger partial charge in [0.05, 0.1) is 6.61 Å². The van der Waals surface area contributed by atoms with Crippen LogP contribution in [0.3, 0.4) is 0 Å². The van der Waals surface area contributed by atoms with Crippen LogP contribution in [0.5, 0.6) is 11.5 Å². The number of carboxylic acid groups (broad SMARTS) is 1. The molecular weight excluding hydrogens is 344 g/mol. The molecule has 2 rings (SSSR count). The Bertz CT molecular complexity index is 753. The molecular formula is C22H26O5. The van der Waals surface area contributed by atoms with Crippen molar-refractivity contribution in [2.75, 3.05) is 20.5 Å². The van der Waals surface area contributed by atoms with E-state index in [-0.39, 0.29) is 6.79 Å². The molecule has 0 unspecified atom stereocenters. The van der Waals surface area contributed by atoms with Crippen molar-refractivity contribution in [3.8, 4) is 11.5 Å². The summed E-state index contributed by atoms with van der Waals surface area (Å²) in [7, 11) is 1.54. The van der Waals surface area contributed by atoms with Crippen LogP contribution in [0.15, 0.2) is 54.6 Å². The number of benzene rings is 2. The molecule has 5 heteroatoms. The minimum Gasteiger partial charge on any atom is -0.494 e. The van der Waals surface area contributed by atoms with Crippen molar-refractivity contribution in [3.63, 3.8) is 0 Å². The number of aliphatic carboxylic acids is 1. The van der Waals surface area contributed by atoms with Gasteiger partial charge in [-0.25, -0.2) is 4.79 Å². The Balaban J connectivity index is 2.42. The first-order valence-electron chi connectivity index (χ1n) is 9.04. The number of rotatable bonds is 11. The van der Waals surface area contributed by atoms with Crippen molar-refractivity contribution in [2.24, 2.45) is 0 Å². The van der Waals surface area contributed by atoms with Gasteiger partial charge >= 0.3 is 5.97 Å². The van der Waals surface area contributed by atoms with Gasteiger partial charge in [0.25, 0.3) is 0 Å². The molecule has 0 aliphatic carbocycles. The number of hydrogen-bond donors (Lipinski definition) is 1. The van der Waals surface area contributed by atoms with Gasteiger partial charge in [-0.15, -0.1) is 0 Å². The molecule has 0 saturated carbocycles. The van der Waals surface area contributed by atoms with Crippen molar-refractivity contribution >= 4 is 11.5 Å². The topological polar surface area (TPSA) is 65.0 Å². The summed E-state index contributed by atoms with van der Waals surface area (Å²) in [5, 5.41) is 9.37. The largest absolute Gasteiger partial charge is 0.494 e. The monoisotopic (exact) mass is 370 g/mol. The third-order valence-electron chi connectivity index (χ3n) is 3.94. The highest BCUT2D eigenvalue weighted by Gasteiger charge is 2.15. The van der Waals surface area contributed by atoms with Crippen molar-refractivity contribution in [1.29, 1.82) is 0 Å². The summed E-state index contributed by atoms with van der Waals surface area (Å²) in [5.41, 5.74) is 1.98. The van der Waals surface area contributed by atoms with E-state index < -0.39 is 5.97 Å². The summed E-state index contributed by atoms with van der Waals surface area (Å²) in [4.78, 5) is 11.4. The molecule has 2 aromatic carbocycles. The first-order chi connectivity index (χ1) is 13.2. The molecule has 0 fully saturated rings. The van der Waals surface area contributed by atoms with Crippen LogP contribution in [0.2, 0.25) is 0 Å². The fourth-order valence-corrected chi connectivity index (χ4v) is 2.66. The van der Waals surface area contributed by atoms with Crippen LogP contribution in [-0.4, -0.2) is 31.6 Å². The lowest BCUT2D eigenvalue weighted by Crippen LogP contribution is -2.04. The van der Waals surface area contributed by atoms with E-state index in [9.17, 15) is 9.90 Å². The molecule has 144 valence electrons. The van der Waals surface area contributed by atoms with Crippen LogP contribution in [0.1, 0.15) is 37.3 Å². The van der Waals surface area contributed by atoms with E-state index in [2.05, 4.69) is 6.92 Å². The lowest BCUT2D eigenvalue weighted by molar-refractivity contribution is -0.131. The maximum absolute atomic E-state index is 11.4. The number of unbranched alkanes of at least 4 members (excludes halogenated alkanes) is 2. The van der Waals surface area contributed by atoms with Crippen LogP contribution >= 0.6 is 0 Å². The zero-order valence-corrected chi connectivity index (χ0v) is 15.8. The number of carbonyl (C=O) groups is 1. The molecule has 0 bridgehead atoms. The fourth-order valence-electron chi connectivity index (χ4n) is 2.66. The molecule has 5 nitrogen and oxygen atoms in total. The van der Waals surface area contributed by atoms with Crippen LogP contribution in [0.25, 0.3) is 5.57 Å². The molecule has 0 atom stereocenters. The minimum absolute atomic E-state index is 0.0683. The average molecular weight is 370 g/mol. The van der Waals surface area contributed by atoms with Crippen LogP contribution < -0.4 is 9.47 Å². The fraction of sp³-hybridized carbons (Fsp3) is 0.318. The maximum atomic E-state index is 11.4. The Labute approximate surface area is 160 Å². The SMILES string of the molecule is CCCCCOc1ccc(OCOC)c(C(=CC(=O)O)c2ccccc2)c1. The van der Waals surface area contributed by atoms with Gasteiger partial charge in [-0.3, -0.25) is 0 Å². The van der Waals surface area contributed by atoms with E-state index in [1.165, 1.54) is 13.2 Å². The third kappa shape index (κ3) is 6.46. The van der Waals surface area contributed by atoms with Crippen molar-refractivity contribution in [3.05, 3.63) is 65.7 Å². The van der Waals surface area contributed by atoms with Crippen molar-refractivity contribution < 1.29 is 24.1 Å². The second-order valence-corrected chi connectivity index (χ2v) is 6.03. The number of ether oxygens (including phenoxy) is 3. The van der Waals surface area contributed by atoms with Crippen LogP contribution in [-0.2, 0) is 9.53 Å². The Morgan fingerprint density at radius 1 is 1.07 bits per heavy atom. The number of methoxy groups -OCH3 is 1. The Morgan fingerprint density at radius 2 is 1.85 bits per heavy atom. The van der Waals surface area contributed by atoms with Gasteiger partial charge in [-0.2, -0.15) is 0 Å². The lowest BCUT2D eigenvalue weighted by Gasteiger charge is -2.16. The van der Waals surface area contributed by atoms with E-state index in [0.717, 1.165) is 24.8 Å². The average Bonchev–Trinajstić information content (AvgIpc) is 2.69. The summed E-state index contributed by atoms with van der Waals surface area (Å²) in [5.74, 6) is 0.188. The standard InChI is InChI=1S/C22H26O5/c1-3-4-8-13-26-18-11-12-21(27-16-25-2)20(14-18)19(15-22(23)24)17-9-6-5-7-10-17/h5-7,9-12,14-15H,3-4,8,13,16H2,1-2H3,(H,23,24). The molecule has 0 heterocycles. The Hall–Kier alpha value is -2.79. The number of carboxylic acids is 1. The van der Waals surface area contributed by atoms with E-state index >= 15 is 0 Å². The van der Waals surface area contributed by atoms with Gasteiger partial charge in [0, 0.05) is 18.7 Å². The van der Waals surface area contributed by atoms with E-state index in [1.54, 1.807) is 6.07 Å². The molecule has 0 radical (unpaired) electrons. The van der Waals surface area contributed by atoms with Gasteiger partial charge in [-0.05, 0) is 35.8 Å². The van der Waals surface area contributed by atoms with E-state index in [4.69, 9.17) is 14.2 Å². The molecule has 2 aromatic rings. The van der Waals surface area contributed by atoms with Crippen molar-refractivity contribution in [1.82, 2.24) is 0 Å². The zero-order chi connectivity index (χ0) is 19.5. The predicted molar refractivity (Wildman–Crippen MR) is 105 cm³/mol. The molecule has 27 heavy (non-hydrogen) atoms. The molecule has 1 N–H and O–H groups in total. The highest BCUT2D eigenvalue weighted by molar-refractivity contribution is 5.96. The van der Waals surface area contributed by atoms with Gasteiger partial charge in [0.2, 0.25) is 0 Å². The number of hydrogen-bond acceptors (Lipinski definition) is 4. The molecule has 0 aliphatic heterocycles. The van der Waals surface area contributed by atoms with Gasteiger partial charge in [0.1, 0.15) is 11.5 Å². The van der Waals surface area contributed by atoms with Crippen molar-refractivity contribution in [2.45, 2.75) is 26.2 Å². The van der Waals surface area contributed by atoms with Crippen LogP contribution in [0, 0.1) is 0 Å². The lowest BCUT2D eigenvalue weighted by atomic mass is 9.96. The third-order valence-corrected chi connectivity index (χ3v) is 3.94. The highest BCUT2D eigenvalue weighted by atomic mass is 16.7. The Morgan fingerprint density at radius 3 is 2.52 bits per heavy atom. The minimum atomic E-state index is -1.03. The summed E-state index contributed by atoms with van der Waals surface area (Å²) in [6.07, 6.45) is 4.39. The molecule has 0 saturated heterocycles. The zero-order valence-electron chi connectivity index (χ0n) is 15.8. The van der Waals surface area contributed by atoms with Gasteiger partial charge in [0.15, 0.2) is 6.79 Å². The molecule has 0 aliphatic rings. The first-order valence-corrected chi connectivity index (χ1v) is 9.04. The normalized spacial score (nSPS) is 11.3. The predicted octanol–water partition coefficient (Wildman–Crippen LogP) is 4.75. The van der Waals surface area contributed by atoms with Gasteiger partial charge < -0.3 is 19.3 Å². The summed E-state index contributed by atoms with van der Waals surface area (Å²) in [6, 6.07) is 14.8. The summed E-state index contributed by atoms with van der Waals surface area (Å²) < 4.78 is 16.5. The Kier molecular flexibility index (Phi) is 8.39. The summed E-state index contributed by atoms with van der Waals surface area (Å²) >= 11 is 0. The molecule has 0 aromatic heterocycles. The highest BCUT2D eigenvalue weighted by Crippen LogP contribution is 2.34. The van der Waals surface area contributed by atoms with E-state index in [1.807, 2.05) is 42.5 Å². The summed E-state index contributed by atoms with van der Waals surface area (Å²) in [6.45, 7) is 2.83. The quantitative estimate of drug-likeness (QED) is 0.351. The first kappa shape index (κ1) is 20.5. The van der Waals surface area contributed by atoms with E-state index in [0.29, 0.717) is 29.2 Å². The second kappa shape index (κ2) is 11.0. The van der Waals surface area contributed by atoms with Gasteiger partial charge in [-0.1, -0.05) is 50.1 Å². The smallest absolute Gasteiger partial charge is 0.328 e. The molecule has 0 spiro atoms. The molecule has 0 amide bonds. The van der Waals surface area contributed by atoms with Crippen LogP contribution in [0.4, 0.5) is 0 Å². The maximum Gasteiger partial charge on any atom is 0.328 e. The second-order valence-electron chi connectivity index (χ2n) is 6.03.